The number of carbonyl (C=O) groups excluding carboxylic acids is 2. The van der Waals surface area contributed by atoms with Crippen molar-refractivity contribution in [2.75, 3.05) is 0 Å². The predicted molar refractivity (Wildman–Crippen MR) is 96.5 cm³/mol. The Hall–Kier alpha value is -2.38. The Morgan fingerprint density at radius 1 is 1.31 bits per heavy atom. The number of nitrogens with two attached hydrogens (primary N) is 1. The zero-order valence-corrected chi connectivity index (χ0v) is 15.2. The Kier molecular flexibility index (Phi) is 6.39. The molecule has 7 heteroatoms. The first-order chi connectivity index (χ1) is 12.2. The molecule has 4 unspecified atom stereocenters. The molecular weight excluding hydrogens is 336 g/mol. The van der Waals surface area contributed by atoms with Gasteiger partial charge in [0.15, 0.2) is 0 Å². The van der Waals surface area contributed by atoms with Gasteiger partial charge in [-0.2, -0.15) is 0 Å². The first-order valence-corrected chi connectivity index (χ1v) is 8.63. The van der Waals surface area contributed by atoms with Crippen LogP contribution in [0, 0.1) is 13.8 Å². The molecule has 1 aromatic carbocycles. The maximum absolute atomic E-state index is 12.4. The summed E-state index contributed by atoms with van der Waals surface area (Å²) in [4.78, 5) is 23.7. The molecule has 0 spiro atoms. The molecule has 1 aliphatic carbocycles. The van der Waals surface area contributed by atoms with Crippen LogP contribution in [0.1, 0.15) is 30.9 Å². The first-order valence-electron chi connectivity index (χ1n) is 8.63. The van der Waals surface area contributed by atoms with Crippen LogP contribution in [0.2, 0.25) is 0 Å². The third-order valence-electron chi connectivity index (χ3n) is 4.62. The molecule has 4 atom stereocenters. The van der Waals surface area contributed by atoms with Gasteiger partial charge in [-0.15, -0.1) is 0 Å². The van der Waals surface area contributed by atoms with E-state index in [-0.39, 0.29) is 12.0 Å². The maximum Gasteiger partial charge on any atom is 0.247 e. The number of amides is 2. The fraction of sp³-hybridized carbons (Fsp3) is 0.474. The molecule has 0 fully saturated rings. The highest BCUT2D eigenvalue weighted by atomic mass is 16.5. The van der Waals surface area contributed by atoms with Gasteiger partial charge in [0.05, 0.1) is 6.10 Å². The van der Waals surface area contributed by atoms with Gasteiger partial charge in [0, 0.05) is 12.0 Å². The number of aryl methyl sites for hydroxylation is 2. The molecular formula is C19H26N2O5. The topological polar surface area (TPSA) is 122 Å². The van der Waals surface area contributed by atoms with E-state index in [1.165, 1.54) is 6.08 Å². The summed E-state index contributed by atoms with van der Waals surface area (Å²) >= 11 is 0. The van der Waals surface area contributed by atoms with E-state index in [2.05, 4.69) is 5.32 Å². The largest absolute Gasteiger partial charge is 0.484 e. The van der Waals surface area contributed by atoms with Gasteiger partial charge in [-0.25, -0.2) is 0 Å². The number of ether oxygens (including phenoxy) is 1. The Bertz CT molecular complexity index is 716. The zero-order chi connectivity index (χ0) is 19.4. The van der Waals surface area contributed by atoms with E-state index in [4.69, 9.17) is 10.5 Å². The van der Waals surface area contributed by atoms with E-state index in [9.17, 15) is 19.8 Å². The molecule has 0 saturated carbocycles. The summed E-state index contributed by atoms with van der Waals surface area (Å²) in [6.45, 7) is 5.65. The van der Waals surface area contributed by atoms with E-state index in [1.807, 2.05) is 26.0 Å². The minimum atomic E-state index is -1.16. The highest BCUT2D eigenvalue weighted by Crippen LogP contribution is 2.25. The highest BCUT2D eigenvalue weighted by Gasteiger charge is 2.34. The van der Waals surface area contributed by atoms with Crippen LogP contribution < -0.4 is 15.8 Å². The number of carbonyl (C=O) groups is 2. The van der Waals surface area contributed by atoms with Crippen molar-refractivity contribution in [2.24, 2.45) is 5.73 Å². The first kappa shape index (κ1) is 19.9. The van der Waals surface area contributed by atoms with E-state index >= 15 is 0 Å². The summed E-state index contributed by atoms with van der Waals surface area (Å²) in [5, 5.41) is 22.9. The molecule has 0 aromatic heterocycles. The number of nitrogens with one attached hydrogen (secondary N) is 1. The number of aliphatic hydroxyl groups is 2. The van der Waals surface area contributed by atoms with Crippen molar-refractivity contribution in [3.05, 3.63) is 41.0 Å². The van der Waals surface area contributed by atoms with E-state index in [1.54, 1.807) is 13.0 Å². The molecule has 26 heavy (non-hydrogen) atoms. The predicted octanol–water partition coefficient (Wildman–Crippen LogP) is 0.483. The Morgan fingerprint density at radius 2 is 2.00 bits per heavy atom. The molecule has 0 saturated heterocycles. The van der Waals surface area contributed by atoms with Gasteiger partial charge in [0.2, 0.25) is 11.8 Å². The molecule has 1 aliphatic rings. The van der Waals surface area contributed by atoms with E-state index < -0.39 is 36.2 Å². The normalized spacial score (nSPS) is 23.7. The molecule has 5 N–H and O–H groups in total. The van der Waals surface area contributed by atoms with Crippen LogP contribution in [-0.4, -0.2) is 46.4 Å². The second kappa shape index (κ2) is 8.33. The van der Waals surface area contributed by atoms with Gasteiger partial charge in [-0.3, -0.25) is 9.59 Å². The molecule has 142 valence electrons. The van der Waals surface area contributed by atoms with Crippen LogP contribution in [0.25, 0.3) is 0 Å². The lowest BCUT2D eigenvalue weighted by atomic mass is 9.91. The number of aliphatic hydroxyl groups excluding tert-OH is 2. The second-order valence-electron chi connectivity index (χ2n) is 6.62. The Balaban J connectivity index is 2.19. The molecule has 0 heterocycles. The summed E-state index contributed by atoms with van der Waals surface area (Å²) in [5.74, 6) is -0.595. The quantitative estimate of drug-likeness (QED) is 0.586. The van der Waals surface area contributed by atoms with Crippen molar-refractivity contribution in [1.29, 1.82) is 0 Å². The lowest BCUT2D eigenvalue weighted by Crippen LogP contribution is -2.48. The van der Waals surface area contributed by atoms with Crippen molar-refractivity contribution < 1.29 is 24.5 Å². The average molecular weight is 362 g/mol. The van der Waals surface area contributed by atoms with Crippen LogP contribution in [-0.2, 0) is 9.59 Å². The maximum atomic E-state index is 12.4. The second-order valence-corrected chi connectivity index (χ2v) is 6.62. The Morgan fingerprint density at radius 3 is 2.58 bits per heavy atom. The minimum Gasteiger partial charge on any atom is -0.484 e. The van der Waals surface area contributed by atoms with Crippen LogP contribution in [0.3, 0.4) is 0 Å². The highest BCUT2D eigenvalue weighted by molar-refractivity contribution is 5.97. The Labute approximate surface area is 152 Å². The van der Waals surface area contributed by atoms with Gasteiger partial charge in [-0.05, 0) is 49.6 Å². The minimum absolute atomic E-state index is 0.0328. The molecule has 2 amide bonds. The summed E-state index contributed by atoms with van der Waals surface area (Å²) < 4.78 is 5.77. The SMILES string of the molecule is CCC(NC(=O)C1=CC(Oc2ccc(C)c(C)c2)C(O)C(O)C1)C(N)=O. The number of hydrogen-bond donors (Lipinski definition) is 4. The molecule has 0 radical (unpaired) electrons. The molecule has 7 nitrogen and oxygen atoms in total. The zero-order valence-electron chi connectivity index (χ0n) is 15.2. The summed E-state index contributed by atoms with van der Waals surface area (Å²) in [6.07, 6.45) is -1.38. The third kappa shape index (κ3) is 4.62. The molecule has 0 aliphatic heterocycles. The van der Waals surface area contributed by atoms with Gasteiger partial charge in [0.25, 0.3) is 0 Å². The van der Waals surface area contributed by atoms with Crippen molar-refractivity contribution in [3.63, 3.8) is 0 Å². The van der Waals surface area contributed by atoms with Crippen LogP contribution >= 0.6 is 0 Å². The van der Waals surface area contributed by atoms with E-state index in [0.717, 1.165) is 11.1 Å². The third-order valence-corrected chi connectivity index (χ3v) is 4.62. The molecule has 1 aromatic rings. The number of rotatable bonds is 6. The fourth-order valence-electron chi connectivity index (χ4n) is 2.77. The van der Waals surface area contributed by atoms with Crippen LogP contribution in [0.15, 0.2) is 29.8 Å². The summed E-state index contributed by atoms with van der Waals surface area (Å²) in [6, 6.07) is 4.71. The summed E-state index contributed by atoms with van der Waals surface area (Å²) in [7, 11) is 0. The monoisotopic (exact) mass is 362 g/mol. The standard InChI is InChI=1S/C19H26N2O5/c1-4-14(18(20)24)21-19(25)12-8-15(22)17(23)16(9-12)26-13-6-5-10(2)11(3)7-13/h5-7,9,14-17,22-23H,4,8H2,1-3H3,(H2,20,24)(H,21,25). The van der Waals surface area contributed by atoms with Crippen molar-refractivity contribution in [3.8, 4) is 5.75 Å². The van der Waals surface area contributed by atoms with Gasteiger partial charge >= 0.3 is 0 Å². The fourth-order valence-corrected chi connectivity index (χ4v) is 2.77. The van der Waals surface area contributed by atoms with Crippen LogP contribution in [0.5, 0.6) is 5.75 Å². The van der Waals surface area contributed by atoms with E-state index in [0.29, 0.717) is 12.2 Å². The lowest BCUT2D eigenvalue weighted by Gasteiger charge is -2.31. The average Bonchev–Trinajstić information content (AvgIpc) is 2.59. The summed E-state index contributed by atoms with van der Waals surface area (Å²) in [5.41, 5.74) is 7.63. The van der Waals surface area contributed by atoms with Crippen LogP contribution in [0.4, 0.5) is 0 Å². The number of benzene rings is 1. The smallest absolute Gasteiger partial charge is 0.247 e. The van der Waals surface area contributed by atoms with Crippen molar-refractivity contribution in [1.82, 2.24) is 5.32 Å². The van der Waals surface area contributed by atoms with Crippen molar-refractivity contribution >= 4 is 11.8 Å². The molecule has 0 bridgehead atoms. The van der Waals surface area contributed by atoms with Gasteiger partial charge < -0.3 is 26.0 Å². The van der Waals surface area contributed by atoms with Gasteiger partial charge in [-0.1, -0.05) is 13.0 Å². The number of primary amides is 1. The van der Waals surface area contributed by atoms with Crippen molar-refractivity contribution in [2.45, 2.75) is 58.0 Å². The van der Waals surface area contributed by atoms with Gasteiger partial charge in [0.1, 0.15) is 24.0 Å². The molecule has 2 rings (SSSR count). The number of hydrogen-bond acceptors (Lipinski definition) is 5. The lowest BCUT2D eigenvalue weighted by molar-refractivity contribution is -0.126.